The second-order valence-corrected chi connectivity index (χ2v) is 5.14. The number of hydrogen-bond donors (Lipinski definition) is 1. The summed E-state index contributed by atoms with van der Waals surface area (Å²) in [6.45, 7) is 0. The Kier molecular flexibility index (Phi) is 4.09. The predicted octanol–water partition coefficient (Wildman–Crippen LogP) is 3.30. The van der Waals surface area contributed by atoms with Gasteiger partial charge < -0.3 is 10.6 Å². The van der Waals surface area contributed by atoms with E-state index in [2.05, 4.69) is 18.0 Å². The van der Waals surface area contributed by atoms with Gasteiger partial charge in [0, 0.05) is 13.1 Å². The van der Waals surface area contributed by atoms with E-state index in [9.17, 15) is 0 Å². The number of anilines is 2. The van der Waals surface area contributed by atoms with Gasteiger partial charge in [0.2, 0.25) is 0 Å². The molecule has 0 atom stereocenters. The average molecular weight is 243 g/mol. The molecule has 1 aliphatic rings. The van der Waals surface area contributed by atoms with Gasteiger partial charge >= 0.3 is 0 Å². The van der Waals surface area contributed by atoms with Crippen LogP contribution in [0.25, 0.3) is 0 Å². The smallest absolute Gasteiger partial charge is 0.0992 e. The molecule has 3 heteroatoms. The molecule has 1 fully saturated rings. The maximum atomic E-state index is 8.86. The Morgan fingerprint density at radius 2 is 1.89 bits per heavy atom. The highest BCUT2D eigenvalue weighted by Gasteiger charge is 2.18. The summed E-state index contributed by atoms with van der Waals surface area (Å²) in [6, 6.07) is 8.29. The van der Waals surface area contributed by atoms with Crippen LogP contribution in [0, 0.1) is 11.3 Å². The second kappa shape index (κ2) is 5.77. The number of nitrogen functional groups attached to an aromatic ring is 1. The van der Waals surface area contributed by atoms with Crippen LogP contribution in [0.15, 0.2) is 18.2 Å². The molecule has 0 aromatic heterocycles. The van der Waals surface area contributed by atoms with E-state index in [1.54, 1.807) is 6.07 Å². The van der Waals surface area contributed by atoms with Crippen molar-refractivity contribution in [3.63, 3.8) is 0 Å². The van der Waals surface area contributed by atoms with Crippen LogP contribution in [0.3, 0.4) is 0 Å². The molecule has 3 nitrogen and oxygen atoms in total. The highest BCUT2D eigenvalue weighted by molar-refractivity contribution is 5.69. The lowest BCUT2D eigenvalue weighted by molar-refractivity contribution is 0.553. The highest BCUT2D eigenvalue weighted by atomic mass is 15.1. The van der Waals surface area contributed by atoms with Gasteiger partial charge in [-0.05, 0) is 31.0 Å². The summed E-state index contributed by atoms with van der Waals surface area (Å²) in [5, 5.41) is 8.86. The minimum atomic E-state index is 0.586. The third kappa shape index (κ3) is 2.76. The fraction of sp³-hybridized carbons (Fsp3) is 0.533. The topological polar surface area (TPSA) is 53.0 Å². The lowest BCUT2D eigenvalue weighted by Crippen LogP contribution is -2.31. The van der Waals surface area contributed by atoms with Gasteiger partial charge in [-0.15, -0.1) is 0 Å². The molecule has 0 heterocycles. The zero-order valence-corrected chi connectivity index (χ0v) is 11.0. The van der Waals surface area contributed by atoms with E-state index in [4.69, 9.17) is 11.0 Å². The van der Waals surface area contributed by atoms with Gasteiger partial charge in [0.05, 0.1) is 23.0 Å². The van der Waals surface area contributed by atoms with Crippen molar-refractivity contribution in [1.29, 1.82) is 5.26 Å². The van der Waals surface area contributed by atoms with E-state index >= 15 is 0 Å². The second-order valence-electron chi connectivity index (χ2n) is 5.14. The average Bonchev–Trinajstić information content (AvgIpc) is 2.66. The van der Waals surface area contributed by atoms with Gasteiger partial charge in [-0.2, -0.15) is 5.26 Å². The number of nitriles is 1. The van der Waals surface area contributed by atoms with Crippen molar-refractivity contribution in [3.05, 3.63) is 23.8 Å². The molecule has 1 aliphatic carbocycles. The summed E-state index contributed by atoms with van der Waals surface area (Å²) in [7, 11) is 2.12. The molecule has 2 rings (SSSR count). The molecule has 96 valence electrons. The van der Waals surface area contributed by atoms with Crippen LogP contribution in [0.5, 0.6) is 0 Å². The Bertz CT molecular complexity index is 440. The largest absolute Gasteiger partial charge is 0.397 e. The van der Waals surface area contributed by atoms with E-state index < -0.39 is 0 Å². The molecule has 0 bridgehead atoms. The highest BCUT2D eigenvalue weighted by Crippen LogP contribution is 2.29. The van der Waals surface area contributed by atoms with Crippen LogP contribution >= 0.6 is 0 Å². The lowest BCUT2D eigenvalue weighted by atomic mass is 10.1. The molecule has 18 heavy (non-hydrogen) atoms. The van der Waals surface area contributed by atoms with Crippen molar-refractivity contribution in [2.45, 2.75) is 44.6 Å². The zero-order valence-electron chi connectivity index (χ0n) is 11.0. The van der Waals surface area contributed by atoms with Crippen molar-refractivity contribution < 1.29 is 0 Å². The molecule has 0 aliphatic heterocycles. The first kappa shape index (κ1) is 12.8. The third-order valence-electron chi connectivity index (χ3n) is 3.91. The Labute approximate surface area is 109 Å². The van der Waals surface area contributed by atoms with Gasteiger partial charge in [-0.3, -0.25) is 0 Å². The summed E-state index contributed by atoms with van der Waals surface area (Å²) >= 11 is 0. The Balaban J connectivity index is 2.17. The van der Waals surface area contributed by atoms with Gasteiger partial charge in [0.15, 0.2) is 0 Å². The van der Waals surface area contributed by atoms with Gasteiger partial charge in [0.25, 0.3) is 0 Å². The van der Waals surface area contributed by atoms with Crippen LogP contribution in [-0.2, 0) is 0 Å². The van der Waals surface area contributed by atoms with E-state index in [0.29, 0.717) is 17.3 Å². The number of benzene rings is 1. The van der Waals surface area contributed by atoms with Crippen molar-refractivity contribution in [2.75, 3.05) is 17.7 Å². The first-order chi connectivity index (χ1) is 8.72. The molecular weight excluding hydrogens is 222 g/mol. The predicted molar refractivity (Wildman–Crippen MR) is 75.5 cm³/mol. The maximum absolute atomic E-state index is 8.86. The Morgan fingerprint density at radius 1 is 1.22 bits per heavy atom. The first-order valence-electron chi connectivity index (χ1n) is 6.75. The molecule has 1 aromatic rings. The molecule has 0 radical (unpaired) electrons. The number of nitrogens with two attached hydrogens (primary N) is 1. The van der Waals surface area contributed by atoms with E-state index in [-0.39, 0.29) is 0 Å². The fourth-order valence-electron chi connectivity index (χ4n) is 2.79. The molecule has 1 aromatic carbocycles. The lowest BCUT2D eigenvalue weighted by Gasteiger charge is -2.30. The molecule has 0 spiro atoms. The molecule has 0 saturated heterocycles. The number of rotatable bonds is 2. The molecule has 0 amide bonds. The number of hydrogen-bond acceptors (Lipinski definition) is 3. The molecule has 0 unspecified atom stereocenters. The van der Waals surface area contributed by atoms with Crippen LogP contribution in [-0.4, -0.2) is 13.1 Å². The normalized spacial score (nSPS) is 16.9. The van der Waals surface area contributed by atoms with Crippen molar-refractivity contribution in [2.24, 2.45) is 0 Å². The zero-order chi connectivity index (χ0) is 13.0. The van der Waals surface area contributed by atoms with Crippen LogP contribution < -0.4 is 10.6 Å². The summed E-state index contributed by atoms with van der Waals surface area (Å²) in [6.07, 6.45) is 7.82. The SMILES string of the molecule is CN(c1ccc(C#N)cc1N)C1CCCCCC1. The van der Waals surface area contributed by atoms with Gasteiger partial charge in [-0.1, -0.05) is 25.7 Å². The van der Waals surface area contributed by atoms with Crippen LogP contribution in [0.2, 0.25) is 0 Å². The monoisotopic (exact) mass is 243 g/mol. The van der Waals surface area contributed by atoms with E-state index in [1.807, 2.05) is 12.1 Å². The maximum Gasteiger partial charge on any atom is 0.0992 e. The first-order valence-corrected chi connectivity index (χ1v) is 6.75. The van der Waals surface area contributed by atoms with E-state index in [1.165, 1.54) is 38.5 Å². The minimum Gasteiger partial charge on any atom is -0.397 e. The summed E-state index contributed by atoms with van der Waals surface area (Å²) < 4.78 is 0. The summed E-state index contributed by atoms with van der Waals surface area (Å²) in [5.41, 5.74) is 8.45. The quantitative estimate of drug-likeness (QED) is 0.640. The van der Waals surface area contributed by atoms with Crippen molar-refractivity contribution >= 4 is 11.4 Å². The Hall–Kier alpha value is -1.69. The van der Waals surface area contributed by atoms with Gasteiger partial charge in [0.1, 0.15) is 0 Å². The standard InChI is InChI=1S/C15H21N3/c1-18(13-6-4-2-3-5-7-13)15-9-8-12(11-16)10-14(15)17/h8-10,13H,2-7,17H2,1H3. The molecule has 1 saturated carbocycles. The summed E-state index contributed by atoms with van der Waals surface area (Å²) in [5.74, 6) is 0. The minimum absolute atomic E-state index is 0.586. The number of nitrogens with zero attached hydrogens (tertiary/aromatic N) is 2. The molecule has 2 N–H and O–H groups in total. The van der Waals surface area contributed by atoms with Crippen LogP contribution in [0.4, 0.5) is 11.4 Å². The van der Waals surface area contributed by atoms with Crippen LogP contribution in [0.1, 0.15) is 44.1 Å². The van der Waals surface area contributed by atoms with Gasteiger partial charge in [-0.25, -0.2) is 0 Å². The fourth-order valence-corrected chi connectivity index (χ4v) is 2.79. The Morgan fingerprint density at radius 3 is 2.44 bits per heavy atom. The van der Waals surface area contributed by atoms with Crippen molar-refractivity contribution in [1.82, 2.24) is 0 Å². The third-order valence-corrected chi connectivity index (χ3v) is 3.91. The van der Waals surface area contributed by atoms with E-state index in [0.717, 1.165) is 5.69 Å². The summed E-state index contributed by atoms with van der Waals surface area (Å²) in [4.78, 5) is 2.29. The molecular formula is C15H21N3. The van der Waals surface area contributed by atoms with Crippen molar-refractivity contribution in [3.8, 4) is 6.07 Å².